The predicted molar refractivity (Wildman–Crippen MR) is 89.6 cm³/mol. The summed E-state index contributed by atoms with van der Waals surface area (Å²) < 4.78 is 6.32. The van der Waals surface area contributed by atoms with E-state index in [4.69, 9.17) is 4.74 Å². The molecule has 3 heteroatoms. The average Bonchev–Trinajstić information content (AvgIpc) is 2.69. The molecule has 0 amide bonds. The SMILES string of the molecule is COc1ccc(CN2CCCc3ccccc3C2)cc1Br. The Morgan fingerprint density at radius 1 is 1.14 bits per heavy atom. The number of methoxy groups -OCH3 is 1. The second-order valence-corrected chi connectivity index (χ2v) is 6.41. The number of benzene rings is 2. The number of hydrogen-bond donors (Lipinski definition) is 0. The van der Waals surface area contributed by atoms with Crippen molar-refractivity contribution in [1.82, 2.24) is 4.90 Å². The van der Waals surface area contributed by atoms with Gasteiger partial charge < -0.3 is 4.74 Å². The number of rotatable bonds is 3. The Bertz CT molecular complexity index is 626. The van der Waals surface area contributed by atoms with Crippen LogP contribution in [0.3, 0.4) is 0 Å². The molecule has 1 heterocycles. The highest BCUT2D eigenvalue weighted by Crippen LogP contribution is 2.27. The fourth-order valence-corrected chi connectivity index (χ4v) is 3.56. The second kappa shape index (κ2) is 6.63. The quantitative estimate of drug-likeness (QED) is 0.817. The molecule has 110 valence electrons. The summed E-state index contributed by atoms with van der Waals surface area (Å²) in [6.45, 7) is 3.18. The third-order valence-corrected chi connectivity index (χ3v) is 4.67. The summed E-state index contributed by atoms with van der Waals surface area (Å²) in [6.07, 6.45) is 2.42. The minimum Gasteiger partial charge on any atom is -0.496 e. The van der Waals surface area contributed by atoms with Crippen LogP contribution in [0.15, 0.2) is 46.9 Å². The van der Waals surface area contributed by atoms with Crippen molar-refractivity contribution in [2.45, 2.75) is 25.9 Å². The topological polar surface area (TPSA) is 12.5 Å². The Labute approximate surface area is 134 Å². The zero-order chi connectivity index (χ0) is 14.7. The van der Waals surface area contributed by atoms with E-state index < -0.39 is 0 Å². The fraction of sp³-hybridized carbons (Fsp3) is 0.333. The van der Waals surface area contributed by atoms with Gasteiger partial charge in [-0.3, -0.25) is 4.90 Å². The van der Waals surface area contributed by atoms with Gasteiger partial charge in [0.05, 0.1) is 11.6 Å². The molecule has 0 saturated heterocycles. The lowest BCUT2D eigenvalue weighted by molar-refractivity contribution is 0.261. The van der Waals surface area contributed by atoms with Crippen molar-refractivity contribution in [2.75, 3.05) is 13.7 Å². The maximum absolute atomic E-state index is 5.30. The lowest BCUT2D eigenvalue weighted by atomic mass is 10.0. The lowest BCUT2D eigenvalue weighted by Crippen LogP contribution is -2.22. The van der Waals surface area contributed by atoms with Crippen LogP contribution in [-0.2, 0) is 19.5 Å². The van der Waals surface area contributed by atoms with E-state index in [-0.39, 0.29) is 0 Å². The van der Waals surface area contributed by atoms with E-state index >= 15 is 0 Å². The van der Waals surface area contributed by atoms with Crippen LogP contribution in [-0.4, -0.2) is 18.6 Å². The van der Waals surface area contributed by atoms with Crippen LogP contribution in [0, 0.1) is 0 Å². The van der Waals surface area contributed by atoms with Crippen molar-refractivity contribution < 1.29 is 4.74 Å². The van der Waals surface area contributed by atoms with Gasteiger partial charge in [-0.1, -0.05) is 30.3 Å². The summed E-state index contributed by atoms with van der Waals surface area (Å²) in [7, 11) is 1.70. The fourth-order valence-electron chi connectivity index (χ4n) is 2.97. The van der Waals surface area contributed by atoms with E-state index in [2.05, 4.69) is 57.2 Å². The zero-order valence-electron chi connectivity index (χ0n) is 12.3. The minimum atomic E-state index is 0.889. The molecule has 2 nitrogen and oxygen atoms in total. The summed E-state index contributed by atoms with van der Waals surface area (Å²) in [4.78, 5) is 2.53. The van der Waals surface area contributed by atoms with Gasteiger partial charge in [-0.15, -0.1) is 0 Å². The molecule has 0 fully saturated rings. The Morgan fingerprint density at radius 2 is 1.95 bits per heavy atom. The summed E-state index contributed by atoms with van der Waals surface area (Å²) >= 11 is 3.57. The molecule has 0 radical (unpaired) electrons. The van der Waals surface area contributed by atoms with Crippen molar-refractivity contribution in [2.24, 2.45) is 0 Å². The van der Waals surface area contributed by atoms with Gasteiger partial charge in [0.1, 0.15) is 5.75 Å². The van der Waals surface area contributed by atoms with Gasteiger partial charge >= 0.3 is 0 Å². The highest BCUT2D eigenvalue weighted by atomic mass is 79.9. The average molecular weight is 346 g/mol. The zero-order valence-corrected chi connectivity index (χ0v) is 13.9. The molecule has 0 saturated carbocycles. The molecule has 0 unspecified atom stereocenters. The Morgan fingerprint density at radius 3 is 2.71 bits per heavy atom. The molecular formula is C18H20BrNO. The maximum Gasteiger partial charge on any atom is 0.133 e. The van der Waals surface area contributed by atoms with E-state index in [1.54, 1.807) is 7.11 Å². The molecule has 0 atom stereocenters. The van der Waals surface area contributed by atoms with Gasteiger partial charge in [0.2, 0.25) is 0 Å². The number of hydrogen-bond acceptors (Lipinski definition) is 2. The largest absolute Gasteiger partial charge is 0.496 e. The number of ether oxygens (including phenoxy) is 1. The molecule has 3 rings (SSSR count). The van der Waals surface area contributed by atoms with Crippen molar-refractivity contribution in [1.29, 1.82) is 0 Å². The van der Waals surface area contributed by atoms with E-state index in [1.165, 1.54) is 29.5 Å². The van der Waals surface area contributed by atoms with Crippen LogP contribution in [0.5, 0.6) is 5.75 Å². The lowest BCUT2D eigenvalue weighted by Gasteiger charge is -2.21. The molecule has 2 aromatic carbocycles. The van der Waals surface area contributed by atoms with Crippen LogP contribution in [0.25, 0.3) is 0 Å². The van der Waals surface area contributed by atoms with Crippen molar-refractivity contribution in [3.8, 4) is 5.75 Å². The minimum absolute atomic E-state index is 0.889. The summed E-state index contributed by atoms with van der Waals surface area (Å²) in [6, 6.07) is 15.2. The molecular weight excluding hydrogens is 326 g/mol. The van der Waals surface area contributed by atoms with Gasteiger partial charge in [0.15, 0.2) is 0 Å². The third kappa shape index (κ3) is 3.47. The van der Waals surface area contributed by atoms with Gasteiger partial charge in [0, 0.05) is 13.1 Å². The summed E-state index contributed by atoms with van der Waals surface area (Å²) in [5.74, 6) is 0.889. The van der Waals surface area contributed by atoms with Gasteiger partial charge in [0.25, 0.3) is 0 Å². The maximum atomic E-state index is 5.30. The number of nitrogens with zero attached hydrogens (tertiary/aromatic N) is 1. The standard InChI is InChI=1S/C18H20BrNO/c1-21-18-9-8-14(11-17(18)19)12-20-10-4-7-15-5-2-3-6-16(15)13-20/h2-3,5-6,8-9,11H,4,7,10,12-13H2,1H3. The molecule has 1 aliphatic rings. The summed E-state index contributed by atoms with van der Waals surface area (Å²) in [5, 5.41) is 0. The molecule has 0 bridgehead atoms. The molecule has 0 aliphatic carbocycles. The molecule has 1 aliphatic heterocycles. The molecule has 2 aromatic rings. The first-order valence-electron chi connectivity index (χ1n) is 7.38. The third-order valence-electron chi connectivity index (χ3n) is 4.06. The highest BCUT2D eigenvalue weighted by Gasteiger charge is 2.14. The monoisotopic (exact) mass is 345 g/mol. The smallest absolute Gasteiger partial charge is 0.133 e. The van der Waals surface area contributed by atoms with Crippen LogP contribution in [0.2, 0.25) is 0 Å². The molecule has 21 heavy (non-hydrogen) atoms. The predicted octanol–water partition coefficient (Wildman–Crippen LogP) is 4.41. The first-order valence-corrected chi connectivity index (χ1v) is 8.17. The first kappa shape index (κ1) is 14.6. The van der Waals surface area contributed by atoms with Crippen molar-refractivity contribution >= 4 is 15.9 Å². The van der Waals surface area contributed by atoms with Gasteiger partial charge in [-0.05, 0) is 64.1 Å². The van der Waals surface area contributed by atoms with Crippen LogP contribution in [0.4, 0.5) is 0 Å². The van der Waals surface area contributed by atoms with E-state index in [1.807, 2.05) is 6.07 Å². The summed E-state index contributed by atoms with van der Waals surface area (Å²) in [5.41, 5.74) is 4.31. The Balaban J connectivity index is 1.75. The van der Waals surface area contributed by atoms with E-state index in [9.17, 15) is 0 Å². The Kier molecular flexibility index (Phi) is 4.61. The van der Waals surface area contributed by atoms with Crippen LogP contribution < -0.4 is 4.74 Å². The molecule has 0 aromatic heterocycles. The molecule has 0 spiro atoms. The van der Waals surface area contributed by atoms with Crippen molar-refractivity contribution in [3.05, 3.63) is 63.6 Å². The van der Waals surface area contributed by atoms with Crippen LogP contribution in [0.1, 0.15) is 23.1 Å². The van der Waals surface area contributed by atoms with Crippen LogP contribution >= 0.6 is 15.9 Å². The first-order chi connectivity index (χ1) is 10.3. The normalized spacial score (nSPS) is 15.3. The number of halogens is 1. The van der Waals surface area contributed by atoms with E-state index in [0.29, 0.717) is 0 Å². The number of aryl methyl sites for hydroxylation is 1. The van der Waals surface area contributed by atoms with Gasteiger partial charge in [-0.25, -0.2) is 0 Å². The Hall–Kier alpha value is -1.32. The van der Waals surface area contributed by atoms with E-state index in [0.717, 1.165) is 29.9 Å². The highest BCUT2D eigenvalue weighted by molar-refractivity contribution is 9.10. The van der Waals surface area contributed by atoms with Crippen molar-refractivity contribution in [3.63, 3.8) is 0 Å². The molecule has 0 N–H and O–H groups in total. The van der Waals surface area contributed by atoms with Gasteiger partial charge in [-0.2, -0.15) is 0 Å². The second-order valence-electron chi connectivity index (χ2n) is 5.55. The number of fused-ring (bicyclic) bond motifs is 1.